The Labute approximate surface area is 141 Å². The van der Waals surface area contributed by atoms with Crippen LogP contribution in [0.2, 0.25) is 0 Å². The lowest BCUT2D eigenvalue weighted by Gasteiger charge is -2.21. The van der Waals surface area contributed by atoms with Crippen molar-refractivity contribution in [1.29, 1.82) is 0 Å². The molecule has 1 amide bonds. The van der Waals surface area contributed by atoms with Crippen molar-refractivity contribution in [2.24, 2.45) is 5.73 Å². The van der Waals surface area contributed by atoms with Gasteiger partial charge in [-0.05, 0) is 31.4 Å². The Bertz CT molecular complexity index is 827. The number of primary amides is 1. The van der Waals surface area contributed by atoms with Crippen LogP contribution < -0.4 is 5.73 Å². The molecule has 24 heavy (non-hydrogen) atoms. The van der Waals surface area contributed by atoms with Crippen LogP contribution in [0.15, 0.2) is 41.7 Å². The van der Waals surface area contributed by atoms with E-state index < -0.39 is 21.8 Å². The van der Waals surface area contributed by atoms with E-state index in [4.69, 9.17) is 5.73 Å². The average molecular weight is 351 g/mol. The molecule has 0 aliphatic carbocycles. The number of carbonyl (C=O) groups excluding carboxylic acids is 1. The maximum Gasteiger partial charge on any atom is 0.268 e. The van der Waals surface area contributed by atoms with Crippen molar-refractivity contribution in [3.05, 3.63) is 48.0 Å². The van der Waals surface area contributed by atoms with Gasteiger partial charge in [0.1, 0.15) is 5.69 Å². The Balaban J connectivity index is 2.23. The van der Waals surface area contributed by atoms with Crippen molar-refractivity contribution in [2.75, 3.05) is 6.26 Å². The van der Waals surface area contributed by atoms with E-state index in [-0.39, 0.29) is 16.6 Å². The molecule has 0 saturated heterocycles. The van der Waals surface area contributed by atoms with Gasteiger partial charge in [-0.25, -0.2) is 13.4 Å². The van der Waals surface area contributed by atoms with Crippen molar-refractivity contribution in [3.63, 3.8) is 0 Å². The van der Waals surface area contributed by atoms with Crippen LogP contribution in [0.4, 0.5) is 0 Å². The highest BCUT2D eigenvalue weighted by molar-refractivity contribution is 7.90. The van der Waals surface area contributed by atoms with Crippen molar-refractivity contribution >= 4 is 15.7 Å². The summed E-state index contributed by atoms with van der Waals surface area (Å²) in [6, 6.07) is 6.45. The molecule has 1 aromatic carbocycles. The second-order valence-corrected chi connectivity index (χ2v) is 7.78. The van der Waals surface area contributed by atoms with Gasteiger partial charge in [-0.2, -0.15) is 0 Å². The molecule has 0 aliphatic rings. The number of amides is 1. The highest BCUT2D eigenvalue weighted by Crippen LogP contribution is 2.23. The lowest BCUT2D eigenvalue weighted by atomic mass is 10.0. The lowest BCUT2D eigenvalue weighted by molar-refractivity contribution is 0.0994. The zero-order valence-electron chi connectivity index (χ0n) is 13.6. The number of benzene rings is 1. The summed E-state index contributed by atoms with van der Waals surface area (Å²) in [5.41, 5.74) is 6.01. The number of carbonyl (C=O) groups is 1. The third kappa shape index (κ3) is 4.21. The largest absolute Gasteiger partial charge is 0.391 e. The summed E-state index contributed by atoms with van der Waals surface area (Å²) in [5, 5.41) is 10.0. The van der Waals surface area contributed by atoms with E-state index in [0.29, 0.717) is 18.4 Å². The third-order valence-corrected chi connectivity index (χ3v) is 5.07. The summed E-state index contributed by atoms with van der Waals surface area (Å²) >= 11 is 0. The van der Waals surface area contributed by atoms with E-state index in [1.807, 2.05) is 0 Å². The topological polar surface area (TPSA) is 115 Å². The van der Waals surface area contributed by atoms with Crippen LogP contribution >= 0.6 is 0 Å². The summed E-state index contributed by atoms with van der Waals surface area (Å²) < 4.78 is 25.4. The molecular formula is C16H21N3O4S. The molecule has 130 valence electrons. The van der Waals surface area contributed by atoms with Gasteiger partial charge in [0, 0.05) is 12.5 Å². The highest BCUT2D eigenvalue weighted by atomic mass is 32.2. The van der Waals surface area contributed by atoms with Gasteiger partial charge in [0.2, 0.25) is 0 Å². The molecule has 2 rings (SSSR count). The molecule has 8 heteroatoms. The van der Waals surface area contributed by atoms with Crippen LogP contribution in [-0.4, -0.2) is 41.3 Å². The number of nitrogens with two attached hydrogens (primary N) is 1. The van der Waals surface area contributed by atoms with E-state index in [0.717, 1.165) is 0 Å². The fraction of sp³-hybridized carbons (Fsp3) is 0.375. The first-order valence-electron chi connectivity index (χ1n) is 7.49. The molecule has 0 fully saturated rings. The fourth-order valence-corrected chi connectivity index (χ4v) is 3.63. The Morgan fingerprint density at radius 3 is 2.58 bits per heavy atom. The number of hydrogen-bond acceptors (Lipinski definition) is 5. The molecule has 7 nitrogen and oxygen atoms in total. The maximum absolute atomic E-state index is 11.9. The number of sulfone groups is 1. The number of hydrogen-bond donors (Lipinski definition) is 2. The Morgan fingerprint density at radius 2 is 2.04 bits per heavy atom. The van der Waals surface area contributed by atoms with Crippen LogP contribution in [0, 0.1) is 0 Å². The third-order valence-electron chi connectivity index (χ3n) is 3.88. The predicted octanol–water partition coefficient (Wildman–Crippen LogP) is 0.940. The van der Waals surface area contributed by atoms with E-state index in [1.165, 1.54) is 18.8 Å². The van der Waals surface area contributed by atoms with Gasteiger partial charge >= 0.3 is 0 Å². The summed E-state index contributed by atoms with van der Waals surface area (Å²) in [6.45, 7) is 1.64. The highest BCUT2D eigenvalue weighted by Gasteiger charge is 2.20. The van der Waals surface area contributed by atoms with Crippen molar-refractivity contribution in [2.45, 2.75) is 36.8 Å². The van der Waals surface area contributed by atoms with Gasteiger partial charge in [0.05, 0.1) is 23.4 Å². The van der Waals surface area contributed by atoms with E-state index in [9.17, 15) is 18.3 Å². The molecule has 2 aromatic rings. The quantitative estimate of drug-likeness (QED) is 0.770. The molecular weight excluding hydrogens is 330 g/mol. The van der Waals surface area contributed by atoms with Crippen LogP contribution in [0.5, 0.6) is 0 Å². The normalized spacial score (nSPS) is 14.3. The molecule has 0 spiro atoms. The van der Waals surface area contributed by atoms with Crippen LogP contribution in [-0.2, 0) is 16.3 Å². The maximum atomic E-state index is 11.9. The predicted molar refractivity (Wildman–Crippen MR) is 89.3 cm³/mol. The summed E-state index contributed by atoms with van der Waals surface area (Å²) in [5.74, 6) is -0.638. The fourth-order valence-electron chi connectivity index (χ4n) is 2.66. The van der Waals surface area contributed by atoms with E-state index >= 15 is 0 Å². The van der Waals surface area contributed by atoms with Gasteiger partial charge in [-0.3, -0.25) is 4.79 Å². The lowest BCUT2D eigenvalue weighted by Crippen LogP contribution is -2.21. The van der Waals surface area contributed by atoms with Gasteiger partial charge in [0.15, 0.2) is 9.84 Å². The number of rotatable bonds is 7. The molecule has 1 aromatic heterocycles. The number of aromatic nitrogens is 2. The Kier molecular flexibility index (Phi) is 5.40. The number of aryl methyl sites for hydroxylation is 1. The first kappa shape index (κ1) is 18.2. The SMILES string of the molecule is C[C@H](O)[C@@H](CCc1ccccc1S(C)(=O)=O)n1cnc(C(N)=O)c1. The summed E-state index contributed by atoms with van der Waals surface area (Å²) in [4.78, 5) is 15.4. The number of aliphatic hydroxyl groups excluding tert-OH is 1. The smallest absolute Gasteiger partial charge is 0.268 e. The summed E-state index contributed by atoms with van der Waals surface area (Å²) in [6.07, 6.45) is 4.35. The first-order valence-corrected chi connectivity index (χ1v) is 9.38. The molecule has 2 atom stereocenters. The number of nitrogens with zero attached hydrogens (tertiary/aromatic N) is 2. The van der Waals surface area contributed by atoms with Crippen molar-refractivity contribution < 1.29 is 18.3 Å². The second kappa shape index (κ2) is 7.14. The van der Waals surface area contributed by atoms with Crippen LogP contribution in [0.25, 0.3) is 0 Å². The molecule has 0 saturated carbocycles. The zero-order chi connectivity index (χ0) is 17.9. The minimum atomic E-state index is -3.32. The molecule has 0 bridgehead atoms. The zero-order valence-corrected chi connectivity index (χ0v) is 14.4. The van der Waals surface area contributed by atoms with Gasteiger partial charge in [0.25, 0.3) is 5.91 Å². The van der Waals surface area contributed by atoms with Crippen molar-refractivity contribution in [1.82, 2.24) is 9.55 Å². The van der Waals surface area contributed by atoms with Gasteiger partial charge < -0.3 is 15.4 Å². The van der Waals surface area contributed by atoms with Crippen molar-refractivity contribution in [3.8, 4) is 0 Å². The summed E-state index contributed by atoms with van der Waals surface area (Å²) in [7, 11) is -3.32. The van der Waals surface area contributed by atoms with Crippen LogP contribution in [0.1, 0.15) is 35.4 Å². The average Bonchev–Trinajstić information content (AvgIpc) is 2.96. The van der Waals surface area contributed by atoms with Gasteiger partial charge in [-0.1, -0.05) is 18.2 Å². The molecule has 1 heterocycles. The van der Waals surface area contributed by atoms with E-state index in [2.05, 4.69) is 4.98 Å². The molecule has 0 radical (unpaired) electrons. The first-order chi connectivity index (χ1) is 11.2. The monoisotopic (exact) mass is 351 g/mol. The standard InChI is InChI=1S/C16H21N3O4S/c1-11(20)14(19-9-13(16(17)21)18-10-19)8-7-12-5-3-4-6-15(12)24(2,22)23/h3-6,9-11,14,20H,7-8H2,1-2H3,(H2,17,21)/t11-,14+/m0/s1. The Morgan fingerprint density at radius 1 is 1.38 bits per heavy atom. The molecule has 3 N–H and O–H groups in total. The number of aliphatic hydroxyl groups is 1. The molecule has 0 aliphatic heterocycles. The second-order valence-electron chi connectivity index (χ2n) is 5.80. The number of imidazole rings is 1. The Hall–Kier alpha value is -2.19. The minimum absolute atomic E-state index is 0.122. The van der Waals surface area contributed by atoms with E-state index in [1.54, 1.807) is 35.8 Å². The van der Waals surface area contributed by atoms with Gasteiger partial charge in [-0.15, -0.1) is 0 Å². The van der Waals surface area contributed by atoms with Crippen LogP contribution in [0.3, 0.4) is 0 Å². The molecule has 0 unspecified atom stereocenters. The minimum Gasteiger partial charge on any atom is -0.391 e.